The maximum absolute atomic E-state index is 6.04. The van der Waals surface area contributed by atoms with Gasteiger partial charge in [-0.1, -0.05) is 19.1 Å². The van der Waals surface area contributed by atoms with Gasteiger partial charge in [-0.25, -0.2) is 0 Å². The minimum atomic E-state index is 0.138. The lowest BCUT2D eigenvalue weighted by Crippen LogP contribution is -2.34. The molecule has 4 rings (SSSR count). The number of ether oxygens (including phenoxy) is 1. The van der Waals surface area contributed by atoms with Gasteiger partial charge in [-0.05, 0) is 106 Å². The first-order valence-corrected chi connectivity index (χ1v) is 12.2. The Morgan fingerprint density at radius 3 is 2.39 bits per heavy atom. The van der Waals surface area contributed by atoms with Crippen molar-refractivity contribution in [2.45, 2.75) is 64.5 Å². The number of piperidine rings is 1. The van der Waals surface area contributed by atoms with Crippen molar-refractivity contribution in [1.82, 2.24) is 5.32 Å². The molecule has 2 atom stereocenters. The van der Waals surface area contributed by atoms with Crippen LogP contribution < -0.4 is 20.3 Å². The smallest absolute Gasteiger partial charge is 0.171 e. The number of benzene rings is 2. The highest BCUT2D eigenvalue weighted by molar-refractivity contribution is 7.80. The van der Waals surface area contributed by atoms with Crippen LogP contribution in [0.5, 0.6) is 5.75 Å². The summed E-state index contributed by atoms with van der Waals surface area (Å²) in [6.45, 7) is 6.81. The van der Waals surface area contributed by atoms with E-state index in [2.05, 4.69) is 53.6 Å². The molecule has 2 fully saturated rings. The van der Waals surface area contributed by atoms with Gasteiger partial charge in [0.15, 0.2) is 5.11 Å². The van der Waals surface area contributed by atoms with E-state index in [0.29, 0.717) is 11.2 Å². The second kappa shape index (κ2) is 10.4. The normalized spacial score (nSPS) is 20.3. The Bertz CT molecular complexity index is 846. The number of hydrogen-bond donors (Lipinski definition) is 2. The highest BCUT2D eigenvalue weighted by Gasteiger charge is 2.18. The van der Waals surface area contributed by atoms with Gasteiger partial charge in [-0.15, -0.1) is 0 Å². The average Bonchev–Trinajstić information content (AvgIpc) is 3.28. The molecule has 0 radical (unpaired) electrons. The first kappa shape index (κ1) is 21.9. The molecule has 1 aliphatic carbocycles. The van der Waals surface area contributed by atoms with E-state index < -0.39 is 0 Å². The fourth-order valence-electron chi connectivity index (χ4n) is 4.66. The molecule has 0 aromatic heterocycles. The molecule has 4 nitrogen and oxygen atoms in total. The van der Waals surface area contributed by atoms with Gasteiger partial charge in [0.05, 0.1) is 12.1 Å². The monoisotopic (exact) mass is 437 g/mol. The van der Waals surface area contributed by atoms with Crippen LogP contribution in [0.15, 0.2) is 48.5 Å². The minimum absolute atomic E-state index is 0.138. The Balaban J connectivity index is 1.27. The van der Waals surface area contributed by atoms with E-state index in [4.69, 9.17) is 17.0 Å². The number of anilines is 2. The van der Waals surface area contributed by atoms with E-state index in [1.165, 1.54) is 49.8 Å². The lowest BCUT2D eigenvalue weighted by Gasteiger charge is -2.33. The molecular formula is C26H35N3OS. The van der Waals surface area contributed by atoms with Crippen LogP contribution in [0.2, 0.25) is 0 Å². The second-order valence-corrected chi connectivity index (χ2v) is 9.56. The first-order chi connectivity index (χ1) is 15.1. The van der Waals surface area contributed by atoms with Crippen LogP contribution in [0.25, 0.3) is 0 Å². The molecule has 2 aromatic carbocycles. The van der Waals surface area contributed by atoms with Crippen LogP contribution >= 0.6 is 12.2 Å². The third-order valence-electron chi connectivity index (χ3n) is 6.48. The summed E-state index contributed by atoms with van der Waals surface area (Å²) in [5.41, 5.74) is 3.53. The number of thiocarbonyl (C=S) groups is 1. The molecule has 2 unspecified atom stereocenters. The summed E-state index contributed by atoms with van der Waals surface area (Å²) in [6.07, 6.45) is 7.91. The maximum atomic E-state index is 6.04. The van der Waals surface area contributed by atoms with Crippen molar-refractivity contribution >= 4 is 28.7 Å². The number of nitrogens with zero attached hydrogens (tertiary/aromatic N) is 1. The molecule has 0 amide bonds. The van der Waals surface area contributed by atoms with Crippen LogP contribution in [0.4, 0.5) is 11.4 Å². The van der Waals surface area contributed by atoms with Crippen LogP contribution in [0, 0.1) is 5.92 Å². The van der Waals surface area contributed by atoms with E-state index in [1.807, 2.05) is 24.3 Å². The third kappa shape index (κ3) is 6.13. The fourth-order valence-corrected chi connectivity index (χ4v) is 4.96. The number of nitrogens with one attached hydrogen (secondary N) is 2. The van der Waals surface area contributed by atoms with E-state index in [0.717, 1.165) is 30.4 Å². The standard InChI is InChI=1S/C26H35N3OS/c1-19-6-5-17-29(18-19)23-13-9-21(10-14-23)20(2)27-26(31)28-22-11-15-25(16-12-22)30-24-7-3-4-8-24/h9-16,19-20,24H,3-8,17-18H2,1-2H3,(H2,27,28,31). The SMILES string of the molecule is CC1CCCN(c2ccc(C(C)NC(=S)Nc3ccc(OC4CCCC4)cc3)cc2)C1. The number of rotatable bonds is 6. The summed E-state index contributed by atoms with van der Waals surface area (Å²) < 4.78 is 6.04. The van der Waals surface area contributed by atoms with Gasteiger partial charge in [0.1, 0.15) is 5.75 Å². The van der Waals surface area contributed by atoms with Gasteiger partial charge in [-0.3, -0.25) is 0 Å². The zero-order valence-corrected chi connectivity index (χ0v) is 19.6. The van der Waals surface area contributed by atoms with Crippen LogP contribution in [-0.2, 0) is 0 Å². The summed E-state index contributed by atoms with van der Waals surface area (Å²) in [5, 5.41) is 7.32. The molecule has 2 N–H and O–H groups in total. The quantitative estimate of drug-likeness (QED) is 0.519. The maximum Gasteiger partial charge on any atom is 0.171 e. The van der Waals surface area contributed by atoms with Crippen molar-refractivity contribution in [1.29, 1.82) is 0 Å². The van der Waals surface area contributed by atoms with E-state index in [1.54, 1.807) is 0 Å². The zero-order valence-electron chi connectivity index (χ0n) is 18.8. The van der Waals surface area contributed by atoms with Crippen molar-refractivity contribution in [2.75, 3.05) is 23.3 Å². The van der Waals surface area contributed by atoms with Gasteiger partial charge in [0.25, 0.3) is 0 Å². The van der Waals surface area contributed by atoms with Crippen molar-refractivity contribution in [3.8, 4) is 5.75 Å². The molecule has 2 aromatic rings. The lowest BCUT2D eigenvalue weighted by atomic mass is 9.99. The van der Waals surface area contributed by atoms with Crippen LogP contribution in [0.3, 0.4) is 0 Å². The largest absolute Gasteiger partial charge is 0.490 e. The molecule has 1 heterocycles. The van der Waals surface area contributed by atoms with Crippen LogP contribution in [0.1, 0.15) is 64.0 Å². The van der Waals surface area contributed by atoms with Crippen molar-refractivity contribution in [2.24, 2.45) is 5.92 Å². The molecule has 166 valence electrons. The molecule has 1 saturated heterocycles. The highest BCUT2D eigenvalue weighted by atomic mass is 32.1. The van der Waals surface area contributed by atoms with Gasteiger partial charge >= 0.3 is 0 Å². The molecule has 31 heavy (non-hydrogen) atoms. The van der Waals surface area contributed by atoms with Gasteiger partial charge in [0, 0.05) is 24.5 Å². The van der Waals surface area contributed by atoms with Gasteiger partial charge < -0.3 is 20.3 Å². The number of hydrogen-bond acceptors (Lipinski definition) is 3. The summed E-state index contributed by atoms with van der Waals surface area (Å²) in [6, 6.07) is 17.1. The van der Waals surface area contributed by atoms with E-state index in [9.17, 15) is 0 Å². The third-order valence-corrected chi connectivity index (χ3v) is 6.70. The molecule has 0 spiro atoms. The molecule has 1 aliphatic heterocycles. The molecule has 5 heteroatoms. The van der Waals surface area contributed by atoms with Crippen molar-refractivity contribution in [3.63, 3.8) is 0 Å². The van der Waals surface area contributed by atoms with E-state index in [-0.39, 0.29) is 6.04 Å². The van der Waals surface area contributed by atoms with E-state index >= 15 is 0 Å². The van der Waals surface area contributed by atoms with Gasteiger partial charge in [0.2, 0.25) is 0 Å². The predicted molar refractivity (Wildman–Crippen MR) is 134 cm³/mol. The van der Waals surface area contributed by atoms with Crippen LogP contribution in [-0.4, -0.2) is 24.3 Å². The first-order valence-electron chi connectivity index (χ1n) is 11.8. The Labute approximate surface area is 192 Å². The van der Waals surface area contributed by atoms with Crippen molar-refractivity contribution < 1.29 is 4.74 Å². The Morgan fingerprint density at radius 1 is 1.00 bits per heavy atom. The summed E-state index contributed by atoms with van der Waals surface area (Å²) in [5.74, 6) is 1.72. The minimum Gasteiger partial charge on any atom is -0.490 e. The molecular weight excluding hydrogens is 402 g/mol. The molecule has 0 bridgehead atoms. The van der Waals surface area contributed by atoms with Gasteiger partial charge in [-0.2, -0.15) is 0 Å². The summed E-state index contributed by atoms with van der Waals surface area (Å²) in [4.78, 5) is 2.50. The average molecular weight is 438 g/mol. The molecule has 2 aliphatic rings. The topological polar surface area (TPSA) is 36.5 Å². The Kier molecular flexibility index (Phi) is 7.33. The Hall–Kier alpha value is -2.27. The second-order valence-electron chi connectivity index (χ2n) is 9.15. The highest BCUT2D eigenvalue weighted by Crippen LogP contribution is 2.26. The lowest BCUT2D eigenvalue weighted by molar-refractivity contribution is 0.210. The zero-order chi connectivity index (χ0) is 21.6. The summed E-state index contributed by atoms with van der Waals surface area (Å²) >= 11 is 5.54. The van der Waals surface area contributed by atoms with Crippen molar-refractivity contribution in [3.05, 3.63) is 54.1 Å². The molecule has 1 saturated carbocycles. The fraction of sp³-hybridized carbons (Fsp3) is 0.500. The summed E-state index contributed by atoms with van der Waals surface area (Å²) in [7, 11) is 0. The predicted octanol–water partition coefficient (Wildman–Crippen LogP) is 6.29. The Morgan fingerprint density at radius 2 is 1.71 bits per heavy atom.